The van der Waals surface area contributed by atoms with Crippen molar-refractivity contribution in [3.8, 4) is 0 Å². The fourth-order valence-electron chi connectivity index (χ4n) is 4.93. The Balaban J connectivity index is 1.43. The Bertz CT molecular complexity index is 843. The molecule has 6 heteroatoms. The van der Waals surface area contributed by atoms with E-state index in [1.54, 1.807) is 0 Å². The van der Waals surface area contributed by atoms with Crippen molar-refractivity contribution >= 4 is 27.0 Å². The zero-order valence-corrected chi connectivity index (χ0v) is 17.9. The second-order valence-electron chi connectivity index (χ2n) is 8.07. The fourth-order valence-corrected chi connectivity index (χ4v) is 5.28. The molecule has 1 aliphatic carbocycles. The van der Waals surface area contributed by atoms with E-state index in [4.69, 9.17) is 4.74 Å². The van der Waals surface area contributed by atoms with Gasteiger partial charge in [0.25, 0.3) is 0 Å². The molecule has 2 aliphatic rings. The third-order valence-electron chi connectivity index (χ3n) is 6.42. The normalized spacial score (nSPS) is 25.3. The molecular formula is C21H30BrN3O2. The van der Waals surface area contributed by atoms with Gasteiger partial charge >= 0.3 is 5.69 Å². The number of aromatic amines is 1. The third-order valence-corrected chi connectivity index (χ3v) is 7.28. The Labute approximate surface area is 169 Å². The highest BCUT2D eigenvalue weighted by Crippen LogP contribution is 2.31. The zero-order chi connectivity index (χ0) is 19.0. The van der Waals surface area contributed by atoms with Gasteiger partial charge in [-0.3, -0.25) is 4.57 Å². The monoisotopic (exact) mass is 435 g/mol. The molecule has 0 unspecified atom stereocenters. The largest absolute Gasteiger partial charge is 0.379 e. The number of fused-ring (bicyclic) bond motifs is 1. The molecule has 148 valence electrons. The first kappa shape index (κ1) is 19.2. The summed E-state index contributed by atoms with van der Waals surface area (Å²) >= 11 is 3.57. The Morgan fingerprint density at radius 1 is 1.11 bits per heavy atom. The average molecular weight is 436 g/mol. The summed E-state index contributed by atoms with van der Waals surface area (Å²) in [6.45, 7) is 7.17. The van der Waals surface area contributed by atoms with E-state index in [2.05, 4.69) is 45.7 Å². The predicted molar refractivity (Wildman–Crippen MR) is 113 cm³/mol. The number of nitrogens with zero attached hydrogens (tertiary/aromatic N) is 2. The Kier molecular flexibility index (Phi) is 5.76. The van der Waals surface area contributed by atoms with Crippen molar-refractivity contribution < 1.29 is 4.74 Å². The maximum absolute atomic E-state index is 12.6. The number of rotatable bonds is 4. The molecule has 0 amide bonds. The Morgan fingerprint density at radius 2 is 1.81 bits per heavy atom. The molecule has 4 rings (SSSR count). The number of H-pyrrole nitrogens is 1. The highest BCUT2D eigenvalue weighted by Gasteiger charge is 2.30. The van der Waals surface area contributed by atoms with Gasteiger partial charge in [0, 0.05) is 36.3 Å². The molecule has 1 aromatic carbocycles. The van der Waals surface area contributed by atoms with Gasteiger partial charge in [0.2, 0.25) is 0 Å². The molecular weight excluding hydrogens is 406 g/mol. The fraction of sp³-hybridized carbons (Fsp3) is 0.667. The molecule has 2 aromatic rings. The highest BCUT2D eigenvalue weighted by atomic mass is 79.9. The molecule has 1 saturated heterocycles. The van der Waals surface area contributed by atoms with Crippen LogP contribution in [0, 0.1) is 6.92 Å². The SMILES string of the molecule is CCO[C@H]1CC[C@H](N2CCC(n3c(=O)[nH]c4cc(Br)c(C)cc43)CC2)CC1. The maximum atomic E-state index is 12.6. The smallest absolute Gasteiger partial charge is 0.326 e. The minimum atomic E-state index is 0.0261. The standard InChI is InChI=1S/C21H30BrN3O2/c1-3-27-17-6-4-15(5-7-17)24-10-8-16(9-11-24)25-20-12-14(2)18(22)13-19(20)23-21(25)26/h12-13,15-17H,3-11H2,1-2H3,(H,23,26)/t15-,17-. The van der Waals surface area contributed by atoms with E-state index >= 15 is 0 Å². The molecule has 0 atom stereocenters. The van der Waals surface area contributed by atoms with E-state index in [0.29, 0.717) is 18.2 Å². The Morgan fingerprint density at radius 3 is 2.48 bits per heavy atom. The van der Waals surface area contributed by atoms with E-state index in [1.165, 1.54) is 31.2 Å². The topological polar surface area (TPSA) is 50.3 Å². The lowest BCUT2D eigenvalue weighted by Gasteiger charge is -2.41. The summed E-state index contributed by atoms with van der Waals surface area (Å²) in [5.41, 5.74) is 3.16. The zero-order valence-electron chi connectivity index (χ0n) is 16.3. The van der Waals surface area contributed by atoms with Crippen molar-refractivity contribution in [1.29, 1.82) is 0 Å². The second kappa shape index (κ2) is 8.10. The van der Waals surface area contributed by atoms with Crippen molar-refractivity contribution in [1.82, 2.24) is 14.5 Å². The van der Waals surface area contributed by atoms with Gasteiger partial charge in [0.05, 0.1) is 17.1 Å². The van der Waals surface area contributed by atoms with Gasteiger partial charge in [-0.1, -0.05) is 15.9 Å². The summed E-state index contributed by atoms with van der Waals surface area (Å²) in [5, 5.41) is 0. The average Bonchev–Trinajstić information content (AvgIpc) is 2.98. The molecule has 2 fully saturated rings. The lowest BCUT2D eigenvalue weighted by Crippen LogP contribution is -2.45. The van der Waals surface area contributed by atoms with E-state index in [-0.39, 0.29) is 5.69 Å². The molecule has 0 spiro atoms. The number of halogens is 1. The number of imidazole rings is 1. The second-order valence-corrected chi connectivity index (χ2v) is 8.93. The van der Waals surface area contributed by atoms with E-state index in [1.807, 2.05) is 10.6 Å². The molecule has 0 bridgehead atoms. The van der Waals surface area contributed by atoms with Crippen molar-refractivity contribution in [3.05, 3.63) is 32.7 Å². The number of likely N-dealkylation sites (tertiary alicyclic amines) is 1. The predicted octanol–water partition coefficient (Wildman–Crippen LogP) is 4.39. The minimum absolute atomic E-state index is 0.0261. The third kappa shape index (κ3) is 3.89. The lowest BCUT2D eigenvalue weighted by molar-refractivity contribution is 0.00796. The van der Waals surface area contributed by atoms with Crippen LogP contribution in [0.2, 0.25) is 0 Å². The minimum Gasteiger partial charge on any atom is -0.379 e. The van der Waals surface area contributed by atoms with Gasteiger partial charge in [-0.05, 0) is 70.1 Å². The summed E-state index contributed by atoms with van der Waals surface area (Å²) in [7, 11) is 0. The maximum Gasteiger partial charge on any atom is 0.326 e. The van der Waals surface area contributed by atoms with Crippen molar-refractivity contribution in [3.63, 3.8) is 0 Å². The molecule has 27 heavy (non-hydrogen) atoms. The van der Waals surface area contributed by atoms with E-state index in [9.17, 15) is 4.79 Å². The lowest BCUT2D eigenvalue weighted by atomic mass is 9.90. The molecule has 1 N–H and O–H groups in total. The molecule has 1 aromatic heterocycles. The number of benzene rings is 1. The number of hydrogen-bond donors (Lipinski definition) is 1. The molecule has 1 aliphatic heterocycles. The molecule has 0 radical (unpaired) electrons. The summed E-state index contributed by atoms with van der Waals surface area (Å²) in [6.07, 6.45) is 7.44. The summed E-state index contributed by atoms with van der Waals surface area (Å²) in [5.74, 6) is 0. The number of ether oxygens (including phenoxy) is 1. The van der Waals surface area contributed by atoms with Gasteiger partial charge < -0.3 is 14.6 Å². The van der Waals surface area contributed by atoms with Crippen LogP contribution in [0.25, 0.3) is 11.0 Å². The van der Waals surface area contributed by atoms with Crippen molar-refractivity contribution in [2.45, 2.75) is 70.6 Å². The van der Waals surface area contributed by atoms with Gasteiger partial charge in [-0.15, -0.1) is 0 Å². The summed E-state index contributed by atoms with van der Waals surface area (Å²) in [6, 6.07) is 5.14. The van der Waals surface area contributed by atoms with Crippen LogP contribution in [0.5, 0.6) is 0 Å². The van der Waals surface area contributed by atoms with Crippen molar-refractivity contribution in [2.24, 2.45) is 0 Å². The molecule has 5 nitrogen and oxygen atoms in total. The van der Waals surface area contributed by atoms with Crippen LogP contribution >= 0.6 is 15.9 Å². The van der Waals surface area contributed by atoms with E-state index < -0.39 is 0 Å². The van der Waals surface area contributed by atoms with Crippen molar-refractivity contribution in [2.75, 3.05) is 19.7 Å². The number of piperidine rings is 1. The van der Waals surface area contributed by atoms with Gasteiger partial charge in [-0.2, -0.15) is 0 Å². The van der Waals surface area contributed by atoms with Crippen LogP contribution in [-0.2, 0) is 4.74 Å². The van der Waals surface area contributed by atoms with Crippen LogP contribution in [-0.4, -0.2) is 46.3 Å². The first-order valence-corrected chi connectivity index (χ1v) is 11.1. The highest BCUT2D eigenvalue weighted by molar-refractivity contribution is 9.10. The van der Waals surface area contributed by atoms with Crippen LogP contribution < -0.4 is 5.69 Å². The van der Waals surface area contributed by atoms with Crippen LogP contribution in [0.15, 0.2) is 21.4 Å². The van der Waals surface area contributed by atoms with E-state index in [0.717, 1.165) is 48.0 Å². The van der Waals surface area contributed by atoms with Crippen LogP contribution in [0.1, 0.15) is 57.1 Å². The van der Waals surface area contributed by atoms with Gasteiger partial charge in [0.1, 0.15) is 0 Å². The quantitative estimate of drug-likeness (QED) is 0.774. The number of aromatic nitrogens is 2. The number of aryl methyl sites for hydroxylation is 1. The first-order chi connectivity index (χ1) is 13.1. The first-order valence-electron chi connectivity index (χ1n) is 10.3. The van der Waals surface area contributed by atoms with Crippen LogP contribution in [0.4, 0.5) is 0 Å². The van der Waals surface area contributed by atoms with Crippen LogP contribution in [0.3, 0.4) is 0 Å². The summed E-state index contributed by atoms with van der Waals surface area (Å²) in [4.78, 5) is 18.3. The Hall–Kier alpha value is -1.11. The number of nitrogens with one attached hydrogen (secondary N) is 1. The van der Waals surface area contributed by atoms with Gasteiger partial charge in [0.15, 0.2) is 0 Å². The van der Waals surface area contributed by atoms with Gasteiger partial charge in [-0.25, -0.2) is 4.79 Å². The molecule has 1 saturated carbocycles. The molecule has 2 heterocycles. The summed E-state index contributed by atoms with van der Waals surface area (Å²) < 4.78 is 8.83. The number of hydrogen-bond acceptors (Lipinski definition) is 3.